The first-order valence-electron chi connectivity index (χ1n) is 11.0. The van der Waals surface area contributed by atoms with Crippen LogP contribution < -0.4 is 4.90 Å². The van der Waals surface area contributed by atoms with E-state index in [1.165, 1.54) is 5.56 Å². The van der Waals surface area contributed by atoms with Crippen LogP contribution in [0.5, 0.6) is 0 Å². The molecule has 0 atom stereocenters. The number of benzene rings is 1. The van der Waals surface area contributed by atoms with E-state index < -0.39 is 0 Å². The smallest absolute Gasteiger partial charge is 0.231 e. The Labute approximate surface area is 186 Å². The molecule has 1 aromatic heterocycles. The van der Waals surface area contributed by atoms with E-state index in [0.29, 0.717) is 19.1 Å². The fourth-order valence-corrected chi connectivity index (χ4v) is 5.77. The molecule has 8 nitrogen and oxygen atoms in total. The van der Waals surface area contributed by atoms with E-state index in [2.05, 4.69) is 37.7 Å². The van der Waals surface area contributed by atoms with Crippen LogP contribution in [0.3, 0.4) is 0 Å². The van der Waals surface area contributed by atoms with Crippen molar-refractivity contribution in [3.63, 3.8) is 0 Å². The van der Waals surface area contributed by atoms with Gasteiger partial charge in [-0.15, -0.1) is 10.2 Å². The van der Waals surface area contributed by atoms with E-state index in [1.807, 2.05) is 17.0 Å². The van der Waals surface area contributed by atoms with Crippen molar-refractivity contribution < 1.29 is 9.53 Å². The van der Waals surface area contributed by atoms with Crippen molar-refractivity contribution in [3.05, 3.63) is 34.6 Å². The Hall–Kier alpha value is -2.16. The van der Waals surface area contributed by atoms with E-state index in [1.54, 1.807) is 0 Å². The standard InChI is InChI=1S/C22H27ClN6O2/c1-26-9-16-8-17(23)2-3-18(16)29-19(10-26)24-25-21(29)28-13-22(14-28)11-27(12-22)20(30)15-4-6-31-7-5-15/h2-3,8,15H,4-7,9-14H2,1H3. The van der Waals surface area contributed by atoms with Crippen LogP contribution in [0.15, 0.2) is 18.2 Å². The van der Waals surface area contributed by atoms with Gasteiger partial charge in [0.05, 0.1) is 12.2 Å². The number of rotatable bonds is 2. The van der Waals surface area contributed by atoms with Crippen molar-refractivity contribution in [2.75, 3.05) is 51.3 Å². The summed E-state index contributed by atoms with van der Waals surface area (Å²) in [4.78, 5) is 19.3. The average molecular weight is 443 g/mol. The van der Waals surface area contributed by atoms with Gasteiger partial charge in [-0.1, -0.05) is 11.6 Å². The summed E-state index contributed by atoms with van der Waals surface area (Å²) < 4.78 is 7.59. The summed E-state index contributed by atoms with van der Waals surface area (Å²) in [5.41, 5.74) is 2.49. The minimum absolute atomic E-state index is 0.148. The number of ether oxygens (including phenoxy) is 1. The molecule has 0 saturated carbocycles. The first-order valence-corrected chi connectivity index (χ1v) is 11.4. The maximum Gasteiger partial charge on any atom is 0.231 e. The number of anilines is 1. The molecular formula is C22H27ClN6O2. The SMILES string of the molecule is CN1Cc2cc(Cl)ccc2-n2c(nnc2N2CC3(CN(C(=O)C4CCOCC4)C3)C2)C1. The summed E-state index contributed by atoms with van der Waals surface area (Å²) in [7, 11) is 2.09. The van der Waals surface area contributed by atoms with Crippen LogP contribution in [0.4, 0.5) is 5.95 Å². The number of hydrogen-bond donors (Lipinski definition) is 0. The second kappa shape index (κ2) is 7.18. The molecule has 3 saturated heterocycles. The Morgan fingerprint density at radius 2 is 1.90 bits per heavy atom. The molecule has 3 fully saturated rings. The molecule has 2 aromatic rings. The van der Waals surface area contributed by atoms with Gasteiger partial charge in [0.1, 0.15) is 0 Å². The summed E-state index contributed by atoms with van der Waals surface area (Å²) in [6.07, 6.45) is 1.72. The first kappa shape index (κ1) is 19.5. The zero-order valence-electron chi connectivity index (χ0n) is 17.8. The van der Waals surface area contributed by atoms with Crippen LogP contribution in [0, 0.1) is 11.3 Å². The maximum absolute atomic E-state index is 12.8. The topological polar surface area (TPSA) is 66.7 Å². The van der Waals surface area contributed by atoms with Gasteiger partial charge in [-0.3, -0.25) is 14.3 Å². The number of carbonyl (C=O) groups excluding carboxylic acids is 1. The van der Waals surface area contributed by atoms with Gasteiger partial charge >= 0.3 is 0 Å². The van der Waals surface area contributed by atoms with E-state index in [4.69, 9.17) is 16.3 Å². The quantitative estimate of drug-likeness (QED) is 0.708. The highest BCUT2D eigenvalue weighted by Gasteiger charge is 2.55. The first-order chi connectivity index (χ1) is 15.0. The van der Waals surface area contributed by atoms with E-state index in [9.17, 15) is 4.79 Å². The molecule has 4 aliphatic rings. The fourth-order valence-electron chi connectivity index (χ4n) is 5.57. The van der Waals surface area contributed by atoms with Crippen LogP contribution in [-0.2, 0) is 22.6 Å². The largest absolute Gasteiger partial charge is 0.381 e. The van der Waals surface area contributed by atoms with Crippen molar-refractivity contribution in [2.24, 2.45) is 11.3 Å². The summed E-state index contributed by atoms with van der Waals surface area (Å²) >= 11 is 6.27. The van der Waals surface area contributed by atoms with Crippen molar-refractivity contribution in [3.8, 4) is 5.69 Å². The molecule has 1 aromatic carbocycles. The number of fused-ring (bicyclic) bond motifs is 3. The monoisotopic (exact) mass is 442 g/mol. The molecule has 0 unspecified atom stereocenters. The van der Waals surface area contributed by atoms with Gasteiger partial charge in [0.15, 0.2) is 5.82 Å². The van der Waals surface area contributed by atoms with Crippen LogP contribution in [0.1, 0.15) is 24.2 Å². The van der Waals surface area contributed by atoms with E-state index in [0.717, 1.165) is 74.6 Å². The second-order valence-corrected chi connectivity index (χ2v) is 10.1. The van der Waals surface area contributed by atoms with Gasteiger partial charge in [-0.05, 0) is 43.7 Å². The summed E-state index contributed by atoms with van der Waals surface area (Å²) in [6, 6.07) is 6.04. The fraction of sp³-hybridized carbons (Fsp3) is 0.591. The number of halogens is 1. The Morgan fingerprint density at radius 1 is 1.13 bits per heavy atom. The minimum atomic E-state index is 0.148. The van der Waals surface area contributed by atoms with Crippen LogP contribution in [-0.4, -0.2) is 76.9 Å². The average Bonchev–Trinajstić information content (AvgIpc) is 3.03. The van der Waals surface area contributed by atoms with Gasteiger partial charge in [0, 0.05) is 62.3 Å². The van der Waals surface area contributed by atoms with Gasteiger partial charge < -0.3 is 14.5 Å². The Morgan fingerprint density at radius 3 is 2.68 bits per heavy atom. The highest BCUT2D eigenvalue weighted by atomic mass is 35.5. The Balaban J connectivity index is 1.18. The number of hydrogen-bond acceptors (Lipinski definition) is 6. The molecule has 9 heteroatoms. The third-order valence-corrected chi connectivity index (χ3v) is 7.35. The van der Waals surface area contributed by atoms with Crippen LogP contribution in [0.25, 0.3) is 5.69 Å². The number of likely N-dealkylation sites (tertiary alicyclic amines) is 1. The molecule has 1 spiro atoms. The van der Waals surface area contributed by atoms with Crippen LogP contribution >= 0.6 is 11.6 Å². The molecule has 0 bridgehead atoms. The summed E-state index contributed by atoms with van der Waals surface area (Å²) in [5, 5.41) is 9.81. The minimum Gasteiger partial charge on any atom is -0.381 e. The van der Waals surface area contributed by atoms with Gasteiger partial charge in [-0.2, -0.15) is 0 Å². The van der Waals surface area contributed by atoms with Crippen LogP contribution in [0.2, 0.25) is 5.02 Å². The zero-order valence-corrected chi connectivity index (χ0v) is 18.5. The third-order valence-electron chi connectivity index (χ3n) is 7.12. The molecule has 5 heterocycles. The van der Waals surface area contributed by atoms with Gasteiger partial charge in [0.25, 0.3) is 0 Å². The molecule has 4 aliphatic heterocycles. The highest BCUT2D eigenvalue weighted by Crippen LogP contribution is 2.43. The molecule has 0 N–H and O–H groups in total. The highest BCUT2D eigenvalue weighted by molar-refractivity contribution is 6.30. The Kier molecular flexibility index (Phi) is 4.52. The Bertz CT molecular complexity index is 1020. The molecule has 0 radical (unpaired) electrons. The number of amides is 1. The van der Waals surface area contributed by atoms with Crippen molar-refractivity contribution in [1.29, 1.82) is 0 Å². The maximum atomic E-state index is 12.8. The third kappa shape index (κ3) is 3.23. The summed E-state index contributed by atoms with van der Waals surface area (Å²) in [5.74, 6) is 2.31. The molecule has 164 valence electrons. The lowest BCUT2D eigenvalue weighted by atomic mass is 9.72. The zero-order chi connectivity index (χ0) is 21.2. The lowest BCUT2D eigenvalue weighted by molar-refractivity contribution is -0.152. The summed E-state index contributed by atoms with van der Waals surface area (Å²) in [6.45, 7) is 6.54. The van der Waals surface area contributed by atoms with Crippen molar-refractivity contribution in [2.45, 2.75) is 25.9 Å². The van der Waals surface area contributed by atoms with Gasteiger partial charge in [0.2, 0.25) is 11.9 Å². The van der Waals surface area contributed by atoms with E-state index in [-0.39, 0.29) is 11.3 Å². The van der Waals surface area contributed by atoms with Gasteiger partial charge in [-0.25, -0.2) is 0 Å². The normalized spacial score (nSPS) is 23.0. The molecular weight excluding hydrogens is 416 g/mol. The number of aromatic nitrogens is 3. The number of carbonyl (C=O) groups is 1. The van der Waals surface area contributed by atoms with Crippen molar-refractivity contribution >= 4 is 23.5 Å². The molecule has 1 amide bonds. The lowest BCUT2D eigenvalue weighted by Gasteiger charge is -2.60. The lowest BCUT2D eigenvalue weighted by Crippen LogP contribution is -2.73. The predicted molar refractivity (Wildman–Crippen MR) is 116 cm³/mol. The molecule has 0 aliphatic carbocycles. The number of nitrogens with zero attached hydrogens (tertiary/aromatic N) is 6. The molecule has 31 heavy (non-hydrogen) atoms. The van der Waals surface area contributed by atoms with E-state index >= 15 is 0 Å². The van der Waals surface area contributed by atoms with Crippen molar-refractivity contribution in [1.82, 2.24) is 24.6 Å². The molecule has 6 rings (SSSR count). The second-order valence-electron chi connectivity index (χ2n) is 9.63. The predicted octanol–water partition coefficient (Wildman–Crippen LogP) is 1.94.